The van der Waals surface area contributed by atoms with E-state index < -0.39 is 0 Å². The second-order valence-electron chi connectivity index (χ2n) is 8.30. The van der Waals surface area contributed by atoms with Gasteiger partial charge in [0.1, 0.15) is 11.4 Å². The first-order chi connectivity index (χ1) is 16.5. The second-order valence-corrected chi connectivity index (χ2v) is 8.70. The molecule has 2 aromatic carbocycles. The van der Waals surface area contributed by atoms with Crippen LogP contribution in [0.3, 0.4) is 0 Å². The van der Waals surface area contributed by atoms with E-state index in [1.807, 2.05) is 55.4 Å². The Labute approximate surface area is 200 Å². The van der Waals surface area contributed by atoms with Crippen LogP contribution in [0.25, 0.3) is 22.8 Å². The molecule has 34 heavy (non-hydrogen) atoms. The van der Waals surface area contributed by atoms with Crippen molar-refractivity contribution in [3.8, 4) is 28.5 Å². The first-order valence-corrected chi connectivity index (χ1v) is 11.2. The Kier molecular flexibility index (Phi) is 5.99. The second kappa shape index (κ2) is 9.24. The van der Waals surface area contributed by atoms with Crippen molar-refractivity contribution in [2.24, 2.45) is 0 Å². The van der Waals surface area contributed by atoms with Crippen LogP contribution in [0.5, 0.6) is 5.75 Å². The number of amides is 1. The fourth-order valence-electron chi connectivity index (χ4n) is 3.84. The molecule has 0 spiro atoms. The number of benzene rings is 2. The lowest BCUT2D eigenvalue weighted by molar-refractivity contribution is 0.0941. The third-order valence-corrected chi connectivity index (χ3v) is 5.83. The summed E-state index contributed by atoms with van der Waals surface area (Å²) in [5, 5.41) is 21.4. The van der Waals surface area contributed by atoms with Crippen LogP contribution < -0.4 is 10.1 Å². The third kappa shape index (κ3) is 4.50. The Balaban J connectivity index is 1.30. The van der Waals surface area contributed by atoms with E-state index in [0.717, 1.165) is 41.0 Å². The topological polar surface area (TPSA) is 125 Å². The molecule has 2 aromatic heterocycles. The van der Waals surface area contributed by atoms with E-state index in [2.05, 4.69) is 35.9 Å². The highest BCUT2D eigenvalue weighted by Crippen LogP contribution is 2.30. The molecule has 1 aliphatic heterocycles. The summed E-state index contributed by atoms with van der Waals surface area (Å²) in [6, 6.07) is 11.6. The van der Waals surface area contributed by atoms with E-state index in [9.17, 15) is 4.79 Å². The fraction of sp³-hybridized carbons (Fsp3) is 0.261. The summed E-state index contributed by atoms with van der Waals surface area (Å²) < 4.78 is 5.52. The molecular weight excluding hydrogens is 456 g/mol. The SMILES string of the molecule is CN(C)Cc1ccc(-c2n[nH]nc2-c2n[nH]c(C(=O)NCc3ccc4c(c3)CCO4)n2)cc1Cl. The maximum atomic E-state index is 12.6. The molecule has 3 N–H and O–H groups in total. The van der Waals surface area contributed by atoms with Gasteiger partial charge in [0.05, 0.1) is 6.61 Å². The van der Waals surface area contributed by atoms with E-state index in [4.69, 9.17) is 16.3 Å². The molecule has 4 aromatic rings. The number of aromatic amines is 2. The number of carbonyl (C=O) groups is 1. The van der Waals surface area contributed by atoms with E-state index in [-0.39, 0.29) is 17.6 Å². The van der Waals surface area contributed by atoms with Gasteiger partial charge in [0.25, 0.3) is 5.91 Å². The van der Waals surface area contributed by atoms with E-state index >= 15 is 0 Å². The van der Waals surface area contributed by atoms with Crippen molar-refractivity contribution in [3.05, 3.63) is 63.9 Å². The summed E-state index contributed by atoms with van der Waals surface area (Å²) in [7, 11) is 3.97. The van der Waals surface area contributed by atoms with Gasteiger partial charge in [-0.3, -0.25) is 9.89 Å². The predicted molar refractivity (Wildman–Crippen MR) is 126 cm³/mol. The summed E-state index contributed by atoms with van der Waals surface area (Å²) in [6.45, 7) is 1.79. The standard InChI is InChI=1S/C23H23ClN8O2/c1-32(2)12-16-5-4-15(10-17(16)24)19-20(28-31-27-19)21-26-22(30-29-21)23(33)25-11-13-3-6-18-14(9-13)7-8-34-18/h3-6,9-10H,7-8,11-12H2,1-2H3,(H,25,33)(H,26,29,30)(H,27,28,31). The molecule has 5 rings (SSSR count). The molecule has 0 bridgehead atoms. The zero-order valence-corrected chi connectivity index (χ0v) is 19.5. The Morgan fingerprint density at radius 2 is 2.00 bits per heavy atom. The number of nitrogens with zero attached hydrogens (tertiary/aromatic N) is 5. The van der Waals surface area contributed by atoms with Crippen molar-refractivity contribution in [1.82, 2.24) is 40.8 Å². The maximum absolute atomic E-state index is 12.6. The molecule has 1 amide bonds. The largest absolute Gasteiger partial charge is 0.493 e. The molecule has 0 fully saturated rings. The molecule has 0 saturated heterocycles. The average molecular weight is 479 g/mol. The van der Waals surface area contributed by atoms with Crippen molar-refractivity contribution < 1.29 is 9.53 Å². The monoisotopic (exact) mass is 478 g/mol. The summed E-state index contributed by atoms with van der Waals surface area (Å²) in [4.78, 5) is 19.0. The molecule has 0 radical (unpaired) electrons. The van der Waals surface area contributed by atoms with Crippen LogP contribution >= 0.6 is 11.6 Å². The van der Waals surface area contributed by atoms with Crippen LogP contribution in [0.15, 0.2) is 36.4 Å². The zero-order chi connectivity index (χ0) is 23.7. The van der Waals surface area contributed by atoms with Gasteiger partial charge in [0, 0.05) is 30.1 Å². The van der Waals surface area contributed by atoms with Gasteiger partial charge in [0.15, 0.2) is 5.69 Å². The van der Waals surface area contributed by atoms with Gasteiger partial charge >= 0.3 is 0 Å². The Morgan fingerprint density at radius 3 is 2.82 bits per heavy atom. The summed E-state index contributed by atoms with van der Waals surface area (Å²) in [6.07, 6.45) is 0.881. The highest BCUT2D eigenvalue weighted by atomic mass is 35.5. The molecule has 0 atom stereocenters. The Bertz CT molecular complexity index is 1350. The van der Waals surface area contributed by atoms with Crippen LogP contribution in [0.2, 0.25) is 5.02 Å². The number of H-pyrrole nitrogens is 2. The van der Waals surface area contributed by atoms with Crippen LogP contribution in [0.1, 0.15) is 27.3 Å². The molecular formula is C23H23ClN8O2. The van der Waals surface area contributed by atoms with Gasteiger partial charge in [-0.15, -0.1) is 0 Å². The van der Waals surface area contributed by atoms with Crippen molar-refractivity contribution in [2.75, 3.05) is 20.7 Å². The molecule has 0 aliphatic carbocycles. The third-order valence-electron chi connectivity index (χ3n) is 5.48. The molecule has 1 aliphatic rings. The van der Waals surface area contributed by atoms with E-state index in [1.165, 1.54) is 0 Å². The highest BCUT2D eigenvalue weighted by molar-refractivity contribution is 6.31. The first-order valence-electron chi connectivity index (χ1n) is 10.8. The lowest BCUT2D eigenvalue weighted by Gasteiger charge is -2.11. The highest BCUT2D eigenvalue weighted by Gasteiger charge is 2.20. The Morgan fingerprint density at radius 1 is 1.15 bits per heavy atom. The van der Waals surface area contributed by atoms with Gasteiger partial charge in [-0.2, -0.15) is 20.5 Å². The van der Waals surface area contributed by atoms with Crippen LogP contribution in [-0.4, -0.2) is 62.1 Å². The number of hydrogen-bond acceptors (Lipinski definition) is 7. The Hall–Kier alpha value is -3.76. The minimum atomic E-state index is -0.364. The molecule has 174 valence electrons. The lowest BCUT2D eigenvalue weighted by Crippen LogP contribution is -2.24. The van der Waals surface area contributed by atoms with Crippen molar-refractivity contribution in [2.45, 2.75) is 19.5 Å². The number of rotatable bonds is 7. The van der Waals surface area contributed by atoms with E-state index in [1.54, 1.807) is 0 Å². The smallest absolute Gasteiger partial charge is 0.288 e. The normalized spacial score (nSPS) is 12.6. The molecule has 0 unspecified atom stereocenters. The number of fused-ring (bicyclic) bond motifs is 1. The van der Waals surface area contributed by atoms with Crippen molar-refractivity contribution >= 4 is 17.5 Å². The predicted octanol–water partition coefficient (Wildman–Crippen LogP) is 2.84. The number of carbonyl (C=O) groups excluding carboxylic acids is 1. The lowest BCUT2D eigenvalue weighted by atomic mass is 10.1. The summed E-state index contributed by atoms with van der Waals surface area (Å²) in [5.74, 6) is 0.897. The summed E-state index contributed by atoms with van der Waals surface area (Å²) >= 11 is 6.47. The number of nitrogens with one attached hydrogen (secondary N) is 3. The van der Waals surface area contributed by atoms with Crippen LogP contribution in [-0.2, 0) is 19.5 Å². The van der Waals surface area contributed by atoms with E-state index in [0.29, 0.717) is 29.6 Å². The molecule has 10 nitrogen and oxygen atoms in total. The number of ether oxygens (including phenoxy) is 1. The minimum absolute atomic E-state index is 0.0906. The van der Waals surface area contributed by atoms with Gasteiger partial charge < -0.3 is 15.0 Å². The first kappa shape index (κ1) is 22.1. The van der Waals surface area contributed by atoms with Gasteiger partial charge in [-0.05, 0) is 42.9 Å². The zero-order valence-electron chi connectivity index (χ0n) is 18.7. The number of halogens is 1. The quantitative estimate of drug-likeness (QED) is 0.373. The number of aromatic nitrogens is 6. The van der Waals surface area contributed by atoms with Crippen LogP contribution in [0.4, 0.5) is 0 Å². The van der Waals surface area contributed by atoms with Crippen molar-refractivity contribution in [1.29, 1.82) is 0 Å². The van der Waals surface area contributed by atoms with Gasteiger partial charge in [-0.1, -0.05) is 35.9 Å². The fourth-order valence-corrected chi connectivity index (χ4v) is 4.08. The van der Waals surface area contributed by atoms with Crippen LogP contribution in [0, 0.1) is 0 Å². The average Bonchev–Trinajstić information content (AvgIpc) is 3.58. The minimum Gasteiger partial charge on any atom is -0.493 e. The molecule has 0 saturated carbocycles. The number of hydrogen-bond donors (Lipinski definition) is 3. The van der Waals surface area contributed by atoms with Gasteiger partial charge in [-0.25, -0.2) is 4.98 Å². The van der Waals surface area contributed by atoms with Gasteiger partial charge in [0.2, 0.25) is 11.6 Å². The van der Waals surface area contributed by atoms with Crippen molar-refractivity contribution in [3.63, 3.8) is 0 Å². The summed E-state index contributed by atoms with van der Waals surface area (Å²) in [5.41, 5.74) is 4.89. The maximum Gasteiger partial charge on any atom is 0.288 e. The molecule has 3 heterocycles. The molecule has 11 heteroatoms.